The van der Waals surface area contributed by atoms with Crippen LogP contribution in [0, 0.1) is 5.82 Å². The molecule has 2 aromatic rings. The summed E-state index contributed by atoms with van der Waals surface area (Å²) < 4.78 is 15.4. The molecule has 3 rings (SSSR count). The zero-order valence-corrected chi connectivity index (χ0v) is 10.5. The first-order valence-electron chi connectivity index (χ1n) is 6.45. The van der Waals surface area contributed by atoms with Crippen LogP contribution in [0.1, 0.15) is 12.8 Å². The Morgan fingerprint density at radius 3 is 3.11 bits per heavy atom. The highest BCUT2D eigenvalue weighted by molar-refractivity contribution is 5.49. The number of aromatic nitrogens is 3. The molecule has 1 unspecified atom stereocenters. The molecule has 1 aliphatic heterocycles. The highest BCUT2D eigenvalue weighted by Gasteiger charge is 2.13. The van der Waals surface area contributed by atoms with Crippen molar-refractivity contribution in [1.29, 1.82) is 0 Å². The molecule has 2 N–H and O–H groups in total. The number of nitrogens with one attached hydrogen (secondary N) is 2. The Morgan fingerprint density at radius 2 is 2.42 bits per heavy atom. The van der Waals surface area contributed by atoms with Crippen molar-refractivity contribution >= 4 is 5.69 Å². The predicted octanol–water partition coefficient (Wildman–Crippen LogP) is 1.57. The summed E-state index contributed by atoms with van der Waals surface area (Å²) in [7, 11) is 0. The molecule has 6 heteroatoms. The number of benzene rings is 1. The van der Waals surface area contributed by atoms with E-state index in [4.69, 9.17) is 0 Å². The van der Waals surface area contributed by atoms with Gasteiger partial charge in [0, 0.05) is 18.3 Å². The highest BCUT2D eigenvalue weighted by Crippen LogP contribution is 2.17. The topological polar surface area (TPSA) is 54.8 Å². The first kappa shape index (κ1) is 12.1. The zero-order chi connectivity index (χ0) is 13.1. The summed E-state index contributed by atoms with van der Waals surface area (Å²) in [4.78, 5) is 3.81. The minimum atomic E-state index is -0.310. The first-order valence-corrected chi connectivity index (χ1v) is 6.45. The van der Waals surface area contributed by atoms with Gasteiger partial charge in [-0.3, -0.25) is 0 Å². The fourth-order valence-corrected chi connectivity index (χ4v) is 2.31. The summed E-state index contributed by atoms with van der Waals surface area (Å²) in [6.07, 6.45) is 5.25. The van der Waals surface area contributed by atoms with E-state index in [1.54, 1.807) is 6.07 Å². The summed E-state index contributed by atoms with van der Waals surface area (Å²) >= 11 is 0. The Hall–Kier alpha value is -1.95. The van der Waals surface area contributed by atoms with Crippen LogP contribution in [-0.4, -0.2) is 33.9 Å². The number of hydrogen-bond donors (Lipinski definition) is 2. The average Bonchev–Trinajstić information content (AvgIpc) is 3.10. The van der Waals surface area contributed by atoms with Gasteiger partial charge in [0.2, 0.25) is 0 Å². The molecule has 0 saturated carbocycles. The van der Waals surface area contributed by atoms with E-state index in [2.05, 4.69) is 20.7 Å². The van der Waals surface area contributed by atoms with E-state index in [0.29, 0.717) is 11.7 Å². The molecule has 0 radical (unpaired) electrons. The van der Waals surface area contributed by atoms with Crippen LogP contribution in [0.15, 0.2) is 30.9 Å². The summed E-state index contributed by atoms with van der Waals surface area (Å²) in [6.45, 7) is 1.90. The zero-order valence-electron chi connectivity index (χ0n) is 10.5. The van der Waals surface area contributed by atoms with E-state index in [-0.39, 0.29) is 5.82 Å². The van der Waals surface area contributed by atoms with E-state index in [1.165, 1.54) is 36.2 Å². The lowest BCUT2D eigenvalue weighted by molar-refractivity contribution is 0.609. The van der Waals surface area contributed by atoms with Crippen LogP contribution >= 0.6 is 0 Å². The van der Waals surface area contributed by atoms with Crippen molar-refractivity contribution in [1.82, 2.24) is 20.1 Å². The summed E-state index contributed by atoms with van der Waals surface area (Å²) in [6, 6.07) is 5.54. The maximum Gasteiger partial charge on any atom is 0.150 e. The van der Waals surface area contributed by atoms with E-state index < -0.39 is 0 Å². The van der Waals surface area contributed by atoms with Gasteiger partial charge in [-0.15, -0.1) is 0 Å². The molecule has 1 aromatic carbocycles. The fourth-order valence-electron chi connectivity index (χ4n) is 2.31. The van der Waals surface area contributed by atoms with E-state index >= 15 is 0 Å². The molecular formula is C13H16FN5. The molecule has 0 amide bonds. The molecule has 100 valence electrons. The van der Waals surface area contributed by atoms with Crippen LogP contribution in [0.2, 0.25) is 0 Å². The molecule has 0 spiro atoms. The second kappa shape index (κ2) is 5.36. The highest BCUT2D eigenvalue weighted by atomic mass is 19.1. The average molecular weight is 261 g/mol. The molecule has 1 aromatic heterocycles. The molecule has 1 saturated heterocycles. The quantitative estimate of drug-likeness (QED) is 0.877. The van der Waals surface area contributed by atoms with Crippen molar-refractivity contribution in [2.24, 2.45) is 0 Å². The van der Waals surface area contributed by atoms with Gasteiger partial charge < -0.3 is 10.6 Å². The lowest BCUT2D eigenvalue weighted by Crippen LogP contribution is -2.29. The molecule has 19 heavy (non-hydrogen) atoms. The minimum Gasteiger partial charge on any atom is -0.383 e. The van der Waals surface area contributed by atoms with E-state index in [0.717, 1.165) is 18.8 Å². The number of rotatable bonds is 4. The molecule has 5 nitrogen and oxygen atoms in total. The van der Waals surface area contributed by atoms with Gasteiger partial charge in [-0.1, -0.05) is 0 Å². The van der Waals surface area contributed by atoms with Crippen LogP contribution in [0.25, 0.3) is 5.69 Å². The summed E-state index contributed by atoms with van der Waals surface area (Å²) in [5, 5.41) is 10.6. The minimum absolute atomic E-state index is 0.310. The third kappa shape index (κ3) is 2.73. The van der Waals surface area contributed by atoms with E-state index in [9.17, 15) is 4.39 Å². The van der Waals surface area contributed by atoms with Crippen molar-refractivity contribution < 1.29 is 4.39 Å². The van der Waals surface area contributed by atoms with Crippen LogP contribution in [0.4, 0.5) is 10.1 Å². The Kier molecular flexibility index (Phi) is 3.41. The van der Waals surface area contributed by atoms with Gasteiger partial charge in [0.25, 0.3) is 0 Å². The smallest absolute Gasteiger partial charge is 0.150 e. The van der Waals surface area contributed by atoms with Gasteiger partial charge in [-0.25, -0.2) is 14.1 Å². The van der Waals surface area contributed by atoms with Gasteiger partial charge >= 0.3 is 0 Å². The van der Waals surface area contributed by atoms with Crippen LogP contribution in [0.3, 0.4) is 0 Å². The van der Waals surface area contributed by atoms with Gasteiger partial charge in [-0.2, -0.15) is 5.10 Å². The van der Waals surface area contributed by atoms with Gasteiger partial charge in [0.05, 0.1) is 0 Å². The molecular weight excluding hydrogens is 245 g/mol. The number of anilines is 1. The number of nitrogens with zero attached hydrogens (tertiary/aromatic N) is 3. The van der Waals surface area contributed by atoms with E-state index in [1.807, 2.05) is 6.07 Å². The second-order valence-electron chi connectivity index (χ2n) is 4.68. The normalized spacial score (nSPS) is 18.7. The Balaban J connectivity index is 1.68. The number of hydrogen-bond acceptors (Lipinski definition) is 4. The standard InChI is InChI=1S/C13H16FN5/c14-12-6-10(17-7-11-2-1-5-16-11)3-4-13(12)19-9-15-8-18-19/h3-4,6,8-9,11,16-17H,1-2,5,7H2. The Labute approximate surface area is 110 Å². The molecule has 1 aliphatic rings. The van der Waals surface area contributed by atoms with Crippen LogP contribution < -0.4 is 10.6 Å². The summed E-state index contributed by atoms with van der Waals surface area (Å²) in [5.41, 5.74) is 1.19. The largest absolute Gasteiger partial charge is 0.383 e. The SMILES string of the molecule is Fc1cc(NCC2CCCN2)ccc1-n1cncn1. The molecule has 1 atom stereocenters. The number of halogens is 1. The lowest BCUT2D eigenvalue weighted by Gasteiger charge is -2.13. The van der Waals surface area contributed by atoms with Gasteiger partial charge in [0.1, 0.15) is 18.3 Å². The lowest BCUT2D eigenvalue weighted by atomic mass is 10.2. The monoisotopic (exact) mass is 261 g/mol. The molecule has 0 bridgehead atoms. The Bertz CT molecular complexity index is 534. The molecule has 1 fully saturated rings. The van der Waals surface area contributed by atoms with Crippen LogP contribution in [0.5, 0.6) is 0 Å². The summed E-state index contributed by atoms with van der Waals surface area (Å²) in [5.74, 6) is -0.310. The first-order chi connectivity index (χ1) is 9.33. The maximum absolute atomic E-state index is 14.0. The third-order valence-corrected chi connectivity index (χ3v) is 3.33. The molecule has 0 aliphatic carbocycles. The van der Waals surface area contributed by atoms with Gasteiger partial charge in [0.15, 0.2) is 5.82 Å². The second-order valence-corrected chi connectivity index (χ2v) is 4.68. The fraction of sp³-hybridized carbons (Fsp3) is 0.385. The third-order valence-electron chi connectivity index (χ3n) is 3.33. The van der Waals surface area contributed by atoms with Crippen molar-refractivity contribution in [3.63, 3.8) is 0 Å². The van der Waals surface area contributed by atoms with Crippen LogP contribution in [-0.2, 0) is 0 Å². The van der Waals surface area contributed by atoms with Crippen molar-refractivity contribution in [2.75, 3.05) is 18.4 Å². The van der Waals surface area contributed by atoms with Crippen molar-refractivity contribution in [3.8, 4) is 5.69 Å². The Morgan fingerprint density at radius 1 is 1.47 bits per heavy atom. The van der Waals surface area contributed by atoms with Gasteiger partial charge in [-0.05, 0) is 37.6 Å². The van der Waals surface area contributed by atoms with Crippen molar-refractivity contribution in [2.45, 2.75) is 18.9 Å². The molecule has 2 heterocycles. The van der Waals surface area contributed by atoms with Crippen molar-refractivity contribution in [3.05, 3.63) is 36.7 Å². The predicted molar refractivity (Wildman–Crippen MR) is 70.8 cm³/mol. The maximum atomic E-state index is 14.0.